The Morgan fingerprint density at radius 3 is 2.71 bits per heavy atom. The monoisotopic (exact) mass is 348 g/mol. The van der Waals surface area contributed by atoms with E-state index in [0.29, 0.717) is 24.4 Å². The summed E-state index contributed by atoms with van der Waals surface area (Å²) in [5, 5.41) is 4.67. The molecule has 1 aromatic carbocycles. The molecule has 0 N–H and O–H groups in total. The average molecular weight is 348 g/mol. The van der Waals surface area contributed by atoms with Crippen molar-refractivity contribution < 1.29 is 17.4 Å². The molecule has 0 bridgehead atoms. The van der Waals surface area contributed by atoms with Gasteiger partial charge in [-0.2, -0.15) is 4.31 Å². The van der Waals surface area contributed by atoms with E-state index in [2.05, 4.69) is 5.16 Å². The maximum atomic E-state index is 12.8. The quantitative estimate of drug-likeness (QED) is 0.650. The molecule has 3 rings (SSSR count). The summed E-state index contributed by atoms with van der Waals surface area (Å²) < 4.78 is 37.7. The molecule has 0 fully saturated rings. The van der Waals surface area contributed by atoms with E-state index in [4.69, 9.17) is 8.94 Å². The first-order valence-corrected chi connectivity index (χ1v) is 9.49. The van der Waals surface area contributed by atoms with Crippen LogP contribution in [-0.2, 0) is 15.8 Å². The number of benzene rings is 1. The van der Waals surface area contributed by atoms with Crippen LogP contribution in [0, 0.1) is 0 Å². The standard InChI is InChI=1S/C17H20N2O4S/c1-3-9-19(24(20,21)12-15-8-10-22-18-15)13(2)17-11-14-6-4-5-7-16(14)23-17/h4-8,10-11,13H,3,9,12H2,1-2H3/t13-/m0/s1. The zero-order valence-electron chi connectivity index (χ0n) is 13.7. The number of aromatic nitrogens is 1. The topological polar surface area (TPSA) is 76.6 Å². The number of para-hydroxylation sites is 1. The van der Waals surface area contributed by atoms with E-state index in [1.54, 1.807) is 6.07 Å². The predicted molar refractivity (Wildman–Crippen MR) is 90.8 cm³/mol. The Balaban J connectivity index is 1.91. The van der Waals surface area contributed by atoms with Gasteiger partial charge in [-0.3, -0.25) is 0 Å². The summed E-state index contributed by atoms with van der Waals surface area (Å²) >= 11 is 0. The average Bonchev–Trinajstić information content (AvgIpc) is 3.20. The fraction of sp³-hybridized carbons (Fsp3) is 0.353. The molecule has 128 valence electrons. The van der Waals surface area contributed by atoms with Crippen molar-refractivity contribution in [3.8, 4) is 0 Å². The van der Waals surface area contributed by atoms with E-state index < -0.39 is 16.1 Å². The fourth-order valence-corrected chi connectivity index (χ4v) is 4.46. The lowest BCUT2D eigenvalue weighted by Crippen LogP contribution is -2.35. The molecule has 0 aliphatic rings. The molecule has 0 radical (unpaired) electrons. The molecule has 0 aliphatic heterocycles. The smallest absolute Gasteiger partial charge is 0.220 e. The number of hydrogen-bond acceptors (Lipinski definition) is 5. The van der Waals surface area contributed by atoms with Gasteiger partial charge in [0.1, 0.15) is 23.4 Å². The molecule has 0 saturated carbocycles. The van der Waals surface area contributed by atoms with Crippen LogP contribution < -0.4 is 0 Å². The minimum Gasteiger partial charge on any atom is -0.459 e. The molecule has 0 amide bonds. The first kappa shape index (κ1) is 16.7. The van der Waals surface area contributed by atoms with Crippen LogP contribution in [0.15, 0.2) is 51.6 Å². The summed E-state index contributed by atoms with van der Waals surface area (Å²) in [6, 6.07) is 10.7. The lowest BCUT2D eigenvalue weighted by Gasteiger charge is -2.26. The van der Waals surface area contributed by atoms with E-state index >= 15 is 0 Å². The summed E-state index contributed by atoms with van der Waals surface area (Å²) in [4.78, 5) is 0. The van der Waals surface area contributed by atoms with Crippen LogP contribution in [0.5, 0.6) is 0 Å². The molecular formula is C17H20N2O4S. The second-order valence-corrected chi connectivity index (χ2v) is 7.64. The van der Waals surface area contributed by atoms with E-state index in [9.17, 15) is 8.42 Å². The number of furan rings is 1. The van der Waals surface area contributed by atoms with Crippen LogP contribution >= 0.6 is 0 Å². The van der Waals surface area contributed by atoms with E-state index in [1.165, 1.54) is 10.6 Å². The normalized spacial score (nSPS) is 13.6. The molecule has 7 heteroatoms. The number of sulfonamides is 1. The van der Waals surface area contributed by atoms with Crippen molar-refractivity contribution in [3.05, 3.63) is 54.1 Å². The van der Waals surface area contributed by atoms with E-state index in [-0.39, 0.29) is 5.75 Å². The molecule has 2 aromatic heterocycles. The maximum absolute atomic E-state index is 12.8. The van der Waals surface area contributed by atoms with Gasteiger partial charge in [-0.1, -0.05) is 30.3 Å². The molecule has 0 aliphatic carbocycles. The first-order chi connectivity index (χ1) is 11.5. The summed E-state index contributed by atoms with van der Waals surface area (Å²) in [6.07, 6.45) is 2.08. The van der Waals surface area contributed by atoms with Crippen molar-refractivity contribution in [2.24, 2.45) is 0 Å². The van der Waals surface area contributed by atoms with Gasteiger partial charge < -0.3 is 8.94 Å². The highest BCUT2D eigenvalue weighted by Crippen LogP contribution is 2.30. The Bertz CT molecular complexity index is 867. The number of fused-ring (bicyclic) bond motifs is 1. The highest BCUT2D eigenvalue weighted by molar-refractivity contribution is 7.88. The largest absolute Gasteiger partial charge is 0.459 e. The Kier molecular flexibility index (Phi) is 4.73. The molecule has 1 atom stereocenters. The van der Waals surface area contributed by atoms with Crippen LogP contribution in [0.4, 0.5) is 0 Å². The van der Waals surface area contributed by atoms with Crippen LogP contribution in [0.1, 0.15) is 37.8 Å². The van der Waals surface area contributed by atoms with Gasteiger partial charge in [-0.25, -0.2) is 8.42 Å². The SMILES string of the molecule is CCCN([C@@H](C)c1cc2ccccc2o1)S(=O)(=O)Cc1ccon1. The molecular weight excluding hydrogens is 328 g/mol. The van der Waals surface area contributed by atoms with Gasteiger partial charge in [0.25, 0.3) is 0 Å². The molecule has 0 spiro atoms. The van der Waals surface area contributed by atoms with Crippen molar-refractivity contribution in [3.63, 3.8) is 0 Å². The third kappa shape index (κ3) is 3.37. The minimum absolute atomic E-state index is 0.186. The number of hydrogen-bond donors (Lipinski definition) is 0. The van der Waals surface area contributed by atoms with Gasteiger partial charge in [0.15, 0.2) is 0 Å². The Morgan fingerprint density at radius 1 is 1.25 bits per heavy atom. The molecule has 3 aromatic rings. The van der Waals surface area contributed by atoms with Crippen LogP contribution in [-0.4, -0.2) is 24.4 Å². The first-order valence-electron chi connectivity index (χ1n) is 7.88. The van der Waals surface area contributed by atoms with Gasteiger partial charge in [0.2, 0.25) is 10.0 Å². The summed E-state index contributed by atoms with van der Waals surface area (Å²) in [6.45, 7) is 4.20. The van der Waals surface area contributed by atoms with Crippen molar-refractivity contribution in [2.75, 3.05) is 6.54 Å². The Morgan fingerprint density at radius 2 is 2.04 bits per heavy atom. The van der Waals surface area contributed by atoms with Gasteiger partial charge in [0, 0.05) is 18.0 Å². The number of rotatable bonds is 7. The van der Waals surface area contributed by atoms with Crippen LogP contribution in [0.3, 0.4) is 0 Å². The van der Waals surface area contributed by atoms with Gasteiger partial charge >= 0.3 is 0 Å². The molecule has 0 saturated heterocycles. The maximum Gasteiger partial charge on any atom is 0.220 e. The van der Waals surface area contributed by atoms with E-state index in [1.807, 2.05) is 44.2 Å². The number of nitrogens with zero attached hydrogens (tertiary/aromatic N) is 2. The van der Waals surface area contributed by atoms with Gasteiger partial charge in [0.05, 0.1) is 11.7 Å². The van der Waals surface area contributed by atoms with Crippen LogP contribution in [0.2, 0.25) is 0 Å². The van der Waals surface area contributed by atoms with Crippen molar-refractivity contribution in [1.82, 2.24) is 9.46 Å². The lowest BCUT2D eigenvalue weighted by molar-refractivity contribution is 0.304. The highest BCUT2D eigenvalue weighted by atomic mass is 32.2. The summed E-state index contributed by atoms with van der Waals surface area (Å²) in [7, 11) is -3.54. The Labute approximate surface area is 141 Å². The summed E-state index contributed by atoms with van der Waals surface area (Å²) in [5.74, 6) is 0.446. The molecule has 0 unspecified atom stereocenters. The second kappa shape index (κ2) is 6.78. The predicted octanol–water partition coefficient (Wildman–Crippen LogP) is 3.72. The van der Waals surface area contributed by atoms with Crippen molar-refractivity contribution in [2.45, 2.75) is 32.1 Å². The Hall–Kier alpha value is -2.12. The molecule has 2 heterocycles. The lowest BCUT2D eigenvalue weighted by atomic mass is 10.2. The minimum atomic E-state index is -3.54. The van der Waals surface area contributed by atoms with Crippen molar-refractivity contribution >= 4 is 21.0 Å². The third-order valence-electron chi connectivity index (χ3n) is 3.91. The zero-order chi connectivity index (χ0) is 17.2. The highest BCUT2D eigenvalue weighted by Gasteiger charge is 2.30. The fourth-order valence-electron chi connectivity index (χ4n) is 2.73. The summed E-state index contributed by atoms with van der Waals surface area (Å²) in [5.41, 5.74) is 1.15. The van der Waals surface area contributed by atoms with Crippen molar-refractivity contribution in [1.29, 1.82) is 0 Å². The van der Waals surface area contributed by atoms with Gasteiger partial charge in [-0.15, -0.1) is 0 Å². The van der Waals surface area contributed by atoms with E-state index in [0.717, 1.165) is 11.0 Å². The third-order valence-corrected chi connectivity index (χ3v) is 5.79. The second-order valence-electron chi connectivity index (χ2n) is 5.72. The molecule has 24 heavy (non-hydrogen) atoms. The van der Waals surface area contributed by atoms with Gasteiger partial charge in [-0.05, 0) is 25.5 Å². The zero-order valence-corrected chi connectivity index (χ0v) is 14.5. The van der Waals surface area contributed by atoms with Crippen LogP contribution in [0.25, 0.3) is 11.0 Å². The molecule has 6 nitrogen and oxygen atoms in total.